The SMILES string of the molecule is C=[NH+]N(C)CC. The van der Waals surface area contributed by atoms with Gasteiger partial charge in [-0.25, -0.2) is 0 Å². The fourth-order valence-electron chi connectivity index (χ4n) is 0.112. The molecule has 0 saturated heterocycles. The third-order valence-electron chi connectivity index (χ3n) is 0.744. The molecule has 0 spiro atoms. The first kappa shape index (κ1) is 5.47. The van der Waals surface area contributed by atoms with Crippen molar-refractivity contribution >= 4 is 6.72 Å². The molecule has 0 aromatic rings. The van der Waals surface area contributed by atoms with Crippen molar-refractivity contribution in [3.63, 3.8) is 0 Å². The molecule has 0 aliphatic carbocycles. The van der Waals surface area contributed by atoms with Crippen molar-refractivity contribution in [1.82, 2.24) is 5.01 Å². The standard InChI is InChI=1S/C4H10N2/c1-4-6(3)5-2/h2,4H2,1,3H3/p+1. The maximum Gasteiger partial charge on any atom is 0.155 e. The van der Waals surface area contributed by atoms with Gasteiger partial charge in [0, 0.05) is 0 Å². The Balaban J connectivity index is 2.96. The monoisotopic (exact) mass is 87.1 g/mol. The quantitative estimate of drug-likeness (QED) is 0.325. The summed E-state index contributed by atoms with van der Waals surface area (Å²) in [5.41, 5.74) is 0. The van der Waals surface area contributed by atoms with Crippen molar-refractivity contribution in [2.24, 2.45) is 0 Å². The van der Waals surface area contributed by atoms with Crippen LogP contribution in [0, 0.1) is 0 Å². The van der Waals surface area contributed by atoms with E-state index in [1.165, 1.54) is 0 Å². The van der Waals surface area contributed by atoms with Crippen LogP contribution in [-0.2, 0) is 0 Å². The summed E-state index contributed by atoms with van der Waals surface area (Å²) in [6.07, 6.45) is 0. The van der Waals surface area contributed by atoms with Crippen molar-refractivity contribution in [3.8, 4) is 0 Å². The maximum absolute atomic E-state index is 3.43. The molecule has 0 saturated carbocycles. The van der Waals surface area contributed by atoms with Gasteiger partial charge in [-0.05, 0) is 6.92 Å². The van der Waals surface area contributed by atoms with Gasteiger partial charge >= 0.3 is 0 Å². The van der Waals surface area contributed by atoms with Crippen molar-refractivity contribution < 1.29 is 5.10 Å². The maximum atomic E-state index is 3.43. The van der Waals surface area contributed by atoms with Crippen LogP contribution in [0.15, 0.2) is 0 Å². The van der Waals surface area contributed by atoms with E-state index in [2.05, 4.69) is 18.7 Å². The lowest BCUT2D eigenvalue weighted by atomic mass is 10.7. The predicted octanol–water partition coefficient (Wildman–Crippen LogP) is -1.37. The Kier molecular flexibility index (Phi) is 2.46. The third kappa shape index (κ3) is 1.76. The second-order valence-electron chi connectivity index (χ2n) is 1.17. The number of hydrogen-bond acceptors (Lipinski definition) is 1. The zero-order chi connectivity index (χ0) is 4.99. The second-order valence-corrected chi connectivity index (χ2v) is 1.17. The first-order valence-corrected chi connectivity index (χ1v) is 2.05. The Morgan fingerprint density at radius 3 is 2.33 bits per heavy atom. The van der Waals surface area contributed by atoms with Crippen LogP contribution in [0.3, 0.4) is 0 Å². The minimum Gasteiger partial charge on any atom is -0.192 e. The molecular weight excluding hydrogens is 76.1 g/mol. The number of nitrogens with one attached hydrogen (secondary N) is 1. The summed E-state index contributed by atoms with van der Waals surface area (Å²) < 4.78 is 0. The summed E-state index contributed by atoms with van der Waals surface area (Å²) in [5.74, 6) is 0. The van der Waals surface area contributed by atoms with Gasteiger partial charge in [-0.15, -0.1) is 5.10 Å². The first-order valence-electron chi connectivity index (χ1n) is 2.05. The van der Waals surface area contributed by atoms with Gasteiger partial charge in [-0.1, -0.05) is 0 Å². The Labute approximate surface area is 38.5 Å². The molecular formula is C4H11N2+. The lowest BCUT2D eigenvalue weighted by Gasteiger charge is -1.97. The van der Waals surface area contributed by atoms with Gasteiger partial charge in [-0.2, -0.15) is 5.01 Å². The number of hydrogen-bond donors (Lipinski definition) is 1. The molecule has 1 N–H and O–H groups in total. The molecule has 2 heteroatoms. The van der Waals surface area contributed by atoms with Crippen molar-refractivity contribution in [1.29, 1.82) is 0 Å². The van der Waals surface area contributed by atoms with Crippen molar-refractivity contribution in [2.75, 3.05) is 13.6 Å². The number of hydrazone groups is 1. The van der Waals surface area contributed by atoms with Crippen LogP contribution in [0.5, 0.6) is 0 Å². The van der Waals surface area contributed by atoms with E-state index in [9.17, 15) is 0 Å². The van der Waals surface area contributed by atoms with E-state index in [-0.39, 0.29) is 0 Å². The Morgan fingerprint density at radius 1 is 1.83 bits per heavy atom. The molecule has 36 valence electrons. The average Bonchev–Trinajstić information content (AvgIpc) is 1.65. The number of nitrogens with zero attached hydrogens (tertiary/aromatic N) is 1. The van der Waals surface area contributed by atoms with E-state index >= 15 is 0 Å². The van der Waals surface area contributed by atoms with Gasteiger partial charge in [0.05, 0.1) is 13.6 Å². The molecule has 0 heterocycles. The van der Waals surface area contributed by atoms with Crippen LogP contribution < -0.4 is 5.10 Å². The molecule has 0 amide bonds. The van der Waals surface area contributed by atoms with E-state index in [4.69, 9.17) is 0 Å². The molecule has 0 aromatic carbocycles. The van der Waals surface area contributed by atoms with Crippen LogP contribution in [0.25, 0.3) is 0 Å². The third-order valence-corrected chi connectivity index (χ3v) is 0.744. The van der Waals surface area contributed by atoms with Gasteiger partial charge < -0.3 is 0 Å². The summed E-state index contributed by atoms with van der Waals surface area (Å²) >= 11 is 0. The summed E-state index contributed by atoms with van der Waals surface area (Å²) in [6.45, 7) is 6.48. The smallest absolute Gasteiger partial charge is 0.155 e. The lowest BCUT2D eigenvalue weighted by molar-refractivity contribution is -0.630. The molecule has 0 fully saturated rings. The molecule has 0 atom stereocenters. The van der Waals surface area contributed by atoms with E-state index in [1.807, 2.05) is 12.1 Å². The Morgan fingerprint density at radius 2 is 2.33 bits per heavy atom. The highest BCUT2D eigenvalue weighted by atomic mass is 15.4. The van der Waals surface area contributed by atoms with Crippen LogP contribution in [0.4, 0.5) is 0 Å². The highest BCUT2D eigenvalue weighted by Crippen LogP contribution is 1.54. The van der Waals surface area contributed by atoms with E-state index in [0.717, 1.165) is 6.54 Å². The van der Waals surface area contributed by atoms with Crippen molar-refractivity contribution in [3.05, 3.63) is 0 Å². The van der Waals surface area contributed by atoms with Gasteiger partial charge in [-0.3, -0.25) is 0 Å². The molecule has 0 radical (unpaired) electrons. The molecule has 6 heavy (non-hydrogen) atoms. The Bertz CT molecular complexity index is 42.8. The number of hydrazine groups is 1. The Hall–Kier alpha value is -0.530. The molecule has 0 aliphatic rings. The van der Waals surface area contributed by atoms with Crippen LogP contribution in [-0.4, -0.2) is 25.3 Å². The minimum absolute atomic E-state index is 0.990. The van der Waals surface area contributed by atoms with Gasteiger partial charge in [0.1, 0.15) is 0 Å². The minimum atomic E-state index is 0.990. The number of rotatable bonds is 2. The zero-order valence-electron chi connectivity index (χ0n) is 4.36. The molecule has 2 nitrogen and oxygen atoms in total. The highest BCUT2D eigenvalue weighted by Gasteiger charge is 1.82. The highest BCUT2D eigenvalue weighted by molar-refractivity contribution is 5.11. The molecule has 0 aromatic heterocycles. The molecule has 0 bridgehead atoms. The normalized spacial score (nSPS) is 7.67. The van der Waals surface area contributed by atoms with Gasteiger partial charge in [0.25, 0.3) is 0 Å². The molecule has 0 rings (SSSR count). The van der Waals surface area contributed by atoms with Crippen LogP contribution in [0.1, 0.15) is 6.92 Å². The fourth-order valence-corrected chi connectivity index (χ4v) is 0.112. The largest absolute Gasteiger partial charge is 0.192 e. The van der Waals surface area contributed by atoms with E-state index in [0.29, 0.717) is 0 Å². The summed E-state index contributed by atoms with van der Waals surface area (Å²) in [5, 5.41) is 4.59. The average molecular weight is 87.1 g/mol. The molecule has 0 unspecified atom stereocenters. The van der Waals surface area contributed by atoms with Crippen LogP contribution in [0.2, 0.25) is 0 Å². The lowest BCUT2D eigenvalue weighted by Crippen LogP contribution is -2.77. The first-order chi connectivity index (χ1) is 2.81. The molecule has 0 aliphatic heterocycles. The summed E-state index contributed by atoms with van der Waals surface area (Å²) in [7, 11) is 1.94. The van der Waals surface area contributed by atoms with Crippen LogP contribution >= 0.6 is 0 Å². The summed E-state index contributed by atoms with van der Waals surface area (Å²) in [6, 6.07) is 0. The van der Waals surface area contributed by atoms with Gasteiger partial charge in [0.15, 0.2) is 6.72 Å². The van der Waals surface area contributed by atoms with E-state index in [1.54, 1.807) is 0 Å². The fraction of sp³-hybridized carbons (Fsp3) is 0.750. The van der Waals surface area contributed by atoms with Gasteiger partial charge in [0.2, 0.25) is 0 Å². The zero-order valence-corrected chi connectivity index (χ0v) is 4.36. The van der Waals surface area contributed by atoms with E-state index < -0.39 is 0 Å². The van der Waals surface area contributed by atoms with Crippen molar-refractivity contribution in [2.45, 2.75) is 6.92 Å². The second kappa shape index (κ2) is 2.69. The topological polar surface area (TPSA) is 17.2 Å². The predicted molar refractivity (Wildman–Crippen MR) is 26.4 cm³/mol. The summed E-state index contributed by atoms with van der Waals surface area (Å²) in [4.78, 5) is 0.